The molecule has 0 unspecified atom stereocenters. The normalized spacial score (nSPS) is 10.3. The largest absolute Gasteiger partial charge is 0.379 e. The van der Waals surface area contributed by atoms with E-state index in [1.807, 2.05) is 0 Å². The summed E-state index contributed by atoms with van der Waals surface area (Å²) in [5.41, 5.74) is 0.330. The highest BCUT2D eigenvalue weighted by Gasteiger charge is 2.07. The van der Waals surface area contributed by atoms with Gasteiger partial charge in [0.15, 0.2) is 0 Å². The molecule has 1 aromatic rings. The quantitative estimate of drug-likeness (QED) is 0.645. The highest BCUT2D eigenvalue weighted by atomic mass is 79.9. The van der Waals surface area contributed by atoms with Gasteiger partial charge < -0.3 is 10.1 Å². The van der Waals surface area contributed by atoms with Crippen LogP contribution in [0.5, 0.6) is 0 Å². The molecule has 0 aromatic heterocycles. The summed E-state index contributed by atoms with van der Waals surface area (Å²) in [6.07, 6.45) is 0. The molecule has 6 heteroatoms. The Morgan fingerprint density at radius 1 is 1.47 bits per heavy atom. The number of alkyl halides is 1. The lowest BCUT2D eigenvalue weighted by Gasteiger charge is -2.06. The van der Waals surface area contributed by atoms with E-state index in [1.54, 1.807) is 0 Å². The third-order valence-corrected chi connectivity index (χ3v) is 2.55. The molecule has 0 aliphatic rings. The van der Waals surface area contributed by atoms with Gasteiger partial charge in [-0.15, -0.1) is 0 Å². The second-order valence-electron chi connectivity index (χ2n) is 3.19. The maximum atomic E-state index is 12.9. The Labute approximate surface area is 112 Å². The van der Waals surface area contributed by atoms with Crippen molar-refractivity contribution < 1.29 is 13.9 Å². The molecule has 0 radical (unpaired) electrons. The molecule has 3 nitrogen and oxygen atoms in total. The average Bonchev–Trinajstić information content (AvgIpc) is 2.32. The number of carbonyl (C=O) groups excluding carboxylic acids is 1. The summed E-state index contributed by atoms with van der Waals surface area (Å²) in [5, 5.41) is 3.34. The summed E-state index contributed by atoms with van der Waals surface area (Å²) in [5.74, 6) is -0.835. The standard InChI is InChI=1S/C11H12BrClFNO2/c12-3-5-17-6-4-15-11(16)8-1-2-10(14)9(13)7-8/h1-2,7H,3-6H2,(H,15,16). The molecule has 0 spiro atoms. The molecule has 94 valence electrons. The van der Waals surface area contributed by atoms with Gasteiger partial charge in [0, 0.05) is 17.4 Å². The van der Waals surface area contributed by atoms with E-state index in [0.29, 0.717) is 25.3 Å². The van der Waals surface area contributed by atoms with Crippen molar-refractivity contribution in [1.82, 2.24) is 5.32 Å². The number of hydrogen-bond donors (Lipinski definition) is 1. The van der Waals surface area contributed by atoms with Gasteiger partial charge in [0.2, 0.25) is 0 Å². The number of nitrogens with one attached hydrogen (secondary N) is 1. The third-order valence-electron chi connectivity index (χ3n) is 1.94. The molecule has 1 N–H and O–H groups in total. The van der Waals surface area contributed by atoms with Crippen LogP contribution < -0.4 is 5.32 Å². The minimum absolute atomic E-state index is 0.0619. The minimum Gasteiger partial charge on any atom is -0.379 e. The van der Waals surface area contributed by atoms with Crippen LogP contribution >= 0.6 is 27.5 Å². The maximum absolute atomic E-state index is 12.9. The highest BCUT2D eigenvalue weighted by Crippen LogP contribution is 2.15. The van der Waals surface area contributed by atoms with Crippen LogP contribution in [0, 0.1) is 5.82 Å². The molecular weight excluding hydrogens is 312 g/mol. The SMILES string of the molecule is O=C(NCCOCCBr)c1ccc(F)c(Cl)c1. The Morgan fingerprint density at radius 2 is 2.24 bits per heavy atom. The topological polar surface area (TPSA) is 38.3 Å². The maximum Gasteiger partial charge on any atom is 0.251 e. The highest BCUT2D eigenvalue weighted by molar-refractivity contribution is 9.09. The number of amides is 1. The van der Waals surface area contributed by atoms with Crippen molar-refractivity contribution in [2.24, 2.45) is 0 Å². The summed E-state index contributed by atoms with van der Waals surface area (Å²) in [4.78, 5) is 11.6. The van der Waals surface area contributed by atoms with Gasteiger partial charge in [-0.3, -0.25) is 4.79 Å². The first-order valence-electron chi connectivity index (χ1n) is 5.02. The van der Waals surface area contributed by atoms with Crippen molar-refractivity contribution in [3.05, 3.63) is 34.6 Å². The predicted octanol–water partition coefficient (Wildman–Crippen LogP) is 2.62. The Balaban J connectivity index is 2.39. The lowest BCUT2D eigenvalue weighted by Crippen LogP contribution is -2.27. The van der Waals surface area contributed by atoms with Crippen LogP contribution in [0.4, 0.5) is 4.39 Å². The van der Waals surface area contributed by atoms with Gasteiger partial charge in [-0.2, -0.15) is 0 Å². The number of hydrogen-bond acceptors (Lipinski definition) is 2. The molecule has 17 heavy (non-hydrogen) atoms. The molecule has 0 aliphatic carbocycles. The number of ether oxygens (including phenoxy) is 1. The average molecular weight is 325 g/mol. The summed E-state index contributed by atoms with van der Waals surface area (Å²) in [6, 6.07) is 3.85. The van der Waals surface area contributed by atoms with E-state index in [0.717, 1.165) is 5.33 Å². The molecule has 1 amide bonds. The van der Waals surface area contributed by atoms with Crippen molar-refractivity contribution in [2.45, 2.75) is 0 Å². The van der Waals surface area contributed by atoms with Gasteiger partial charge in [0.1, 0.15) is 5.82 Å². The van der Waals surface area contributed by atoms with E-state index >= 15 is 0 Å². The van der Waals surface area contributed by atoms with E-state index in [2.05, 4.69) is 21.2 Å². The van der Waals surface area contributed by atoms with Crippen LogP contribution in [0.15, 0.2) is 18.2 Å². The number of halogens is 3. The summed E-state index contributed by atoms with van der Waals surface area (Å²) >= 11 is 8.79. The van der Waals surface area contributed by atoms with E-state index < -0.39 is 5.82 Å². The van der Waals surface area contributed by atoms with Crippen LogP contribution in [0.2, 0.25) is 5.02 Å². The van der Waals surface area contributed by atoms with Crippen LogP contribution in [-0.4, -0.2) is 31.0 Å². The minimum atomic E-state index is -0.538. The van der Waals surface area contributed by atoms with Crippen LogP contribution in [-0.2, 0) is 4.74 Å². The fourth-order valence-corrected chi connectivity index (χ4v) is 1.54. The van der Waals surface area contributed by atoms with Crippen molar-refractivity contribution in [2.75, 3.05) is 25.1 Å². The molecule has 0 saturated heterocycles. The first kappa shape index (κ1) is 14.4. The summed E-state index contributed by atoms with van der Waals surface area (Å²) < 4.78 is 18.0. The zero-order valence-corrected chi connectivity index (χ0v) is 11.4. The van der Waals surface area contributed by atoms with E-state index in [1.165, 1.54) is 18.2 Å². The Kier molecular flexibility index (Phi) is 6.47. The van der Waals surface area contributed by atoms with Gasteiger partial charge in [-0.25, -0.2) is 4.39 Å². The zero-order chi connectivity index (χ0) is 12.7. The third kappa shape index (κ3) is 5.02. The monoisotopic (exact) mass is 323 g/mol. The summed E-state index contributed by atoms with van der Waals surface area (Å²) in [6.45, 7) is 1.44. The second-order valence-corrected chi connectivity index (χ2v) is 4.39. The molecule has 0 bridgehead atoms. The van der Waals surface area contributed by atoms with Crippen molar-refractivity contribution >= 4 is 33.4 Å². The summed E-state index contributed by atoms with van der Waals surface area (Å²) in [7, 11) is 0. The van der Waals surface area contributed by atoms with Gasteiger partial charge in [-0.1, -0.05) is 27.5 Å². The van der Waals surface area contributed by atoms with E-state index in [4.69, 9.17) is 16.3 Å². The van der Waals surface area contributed by atoms with E-state index in [-0.39, 0.29) is 10.9 Å². The smallest absolute Gasteiger partial charge is 0.251 e. The molecule has 1 rings (SSSR count). The first-order valence-corrected chi connectivity index (χ1v) is 6.52. The van der Waals surface area contributed by atoms with Gasteiger partial charge >= 0.3 is 0 Å². The van der Waals surface area contributed by atoms with Crippen molar-refractivity contribution in [3.63, 3.8) is 0 Å². The second kappa shape index (κ2) is 7.63. The fraction of sp³-hybridized carbons (Fsp3) is 0.364. The van der Waals surface area contributed by atoms with Crippen molar-refractivity contribution in [3.8, 4) is 0 Å². The number of carbonyl (C=O) groups is 1. The molecule has 0 saturated carbocycles. The fourth-order valence-electron chi connectivity index (χ4n) is 1.13. The van der Waals surface area contributed by atoms with Gasteiger partial charge in [0.25, 0.3) is 5.91 Å². The first-order chi connectivity index (χ1) is 8.15. The number of benzene rings is 1. The van der Waals surface area contributed by atoms with Crippen LogP contribution in [0.1, 0.15) is 10.4 Å². The lowest BCUT2D eigenvalue weighted by molar-refractivity contribution is 0.0924. The van der Waals surface area contributed by atoms with E-state index in [9.17, 15) is 9.18 Å². The Morgan fingerprint density at radius 3 is 2.88 bits per heavy atom. The molecule has 0 atom stereocenters. The molecule has 0 heterocycles. The number of rotatable bonds is 6. The molecular formula is C11H12BrClFNO2. The Hall–Kier alpha value is -0.650. The molecule has 0 fully saturated rings. The Bertz CT molecular complexity index is 390. The van der Waals surface area contributed by atoms with Crippen LogP contribution in [0.25, 0.3) is 0 Å². The predicted molar refractivity (Wildman–Crippen MR) is 68.4 cm³/mol. The lowest BCUT2D eigenvalue weighted by atomic mass is 10.2. The zero-order valence-electron chi connectivity index (χ0n) is 9.01. The molecule has 0 aliphatic heterocycles. The van der Waals surface area contributed by atoms with Gasteiger partial charge in [0.05, 0.1) is 18.2 Å². The molecule has 1 aromatic carbocycles. The van der Waals surface area contributed by atoms with Gasteiger partial charge in [-0.05, 0) is 18.2 Å². The van der Waals surface area contributed by atoms with Crippen molar-refractivity contribution in [1.29, 1.82) is 0 Å². The van der Waals surface area contributed by atoms with Crippen LogP contribution in [0.3, 0.4) is 0 Å².